The van der Waals surface area contributed by atoms with Crippen LogP contribution >= 0.6 is 0 Å². The minimum absolute atomic E-state index is 0.0636. The predicted molar refractivity (Wildman–Crippen MR) is 133 cm³/mol. The van der Waals surface area contributed by atoms with Crippen molar-refractivity contribution in [3.63, 3.8) is 0 Å². The molecule has 0 spiro atoms. The first kappa shape index (κ1) is 23.3. The van der Waals surface area contributed by atoms with Crippen molar-refractivity contribution in [3.8, 4) is 5.75 Å². The molecule has 5 heterocycles. The zero-order chi connectivity index (χ0) is 26.4. The molecule has 11 heteroatoms. The Balaban J connectivity index is 1.31. The van der Waals surface area contributed by atoms with Gasteiger partial charge >= 0.3 is 0 Å². The number of nitrogens with one attached hydrogen (secondary N) is 2. The minimum atomic E-state index is -1.43. The summed E-state index contributed by atoms with van der Waals surface area (Å²) >= 11 is 0. The quantitative estimate of drug-likeness (QED) is 0.376. The molecule has 2 N–H and O–H groups in total. The number of furan rings is 1. The van der Waals surface area contributed by atoms with Gasteiger partial charge in [0, 0.05) is 42.7 Å². The van der Waals surface area contributed by atoms with Gasteiger partial charge in [-0.3, -0.25) is 29.5 Å². The van der Waals surface area contributed by atoms with Crippen LogP contribution in [0.15, 0.2) is 65.3 Å². The van der Waals surface area contributed by atoms with E-state index in [0.717, 1.165) is 5.56 Å². The van der Waals surface area contributed by atoms with Crippen LogP contribution in [0.4, 0.5) is 5.82 Å². The Labute approximate surface area is 215 Å². The molecule has 190 valence electrons. The third kappa shape index (κ3) is 3.84. The monoisotopic (exact) mass is 511 g/mol. The van der Waals surface area contributed by atoms with Crippen molar-refractivity contribution in [2.24, 2.45) is 0 Å². The van der Waals surface area contributed by atoms with Gasteiger partial charge in [0.15, 0.2) is 5.58 Å². The number of anilines is 1. The van der Waals surface area contributed by atoms with Gasteiger partial charge < -0.3 is 19.4 Å². The van der Waals surface area contributed by atoms with Gasteiger partial charge in [0.1, 0.15) is 28.3 Å². The lowest BCUT2D eigenvalue weighted by Crippen LogP contribution is -2.46. The van der Waals surface area contributed by atoms with E-state index in [1.807, 2.05) is 6.07 Å². The lowest BCUT2D eigenvalue weighted by atomic mass is 9.82. The molecule has 38 heavy (non-hydrogen) atoms. The number of methoxy groups -OCH3 is 1. The van der Waals surface area contributed by atoms with E-state index >= 15 is 0 Å². The molecule has 3 aromatic heterocycles. The first-order chi connectivity index (χ1) is 18.4. The van der Waals surface area contributed by atoms with E-state index < -0.39 is 17.2 Å². The van der Waals surface area contributed by atoms with Crippen molar-refractivity contribution >= 4 is 40.5 Å². The summed E-state index contributed by atoms with van der Waals surface area (Å²) in [4.78, 5) is 61.2. The van der Waals surface area contributed by atoms with Crippen LogP contribution in [-0.2, 0) is 21.5 Å². The molecule has 4 amide bonds. The van der Waals surface area contributed by atoms with E-state index in [9.17, 15) is 19.2 Å². The molecule has 11 nitrogen and oxygen atoms in total. The van der Waals surface area contributed by atoms with Crippen LogP contribution in [0.3, 0.4) is 0 Å². The molecule has 1 fully saturated rings. The van der Waals surface area contributed by atoms with Crippen LogP contribution in [0.1, 0.15) is 38.5 Å². The standard InChI is InChI=1S/C27H21N5O6/c1-37-17-3-2-16-13-32(25(35)18(16)10-17)14-27(12-23(33)31-26(27)36)21-11-19-20(38-21)4-5-22(29-19)30-24(34)15-6-8-28-9-7-15/h2-11H,12-14H2,1H3,(H,29,30,34)(H,31,33,36)/t27-/m1/s1. The molecule has 0 saturated carbocycles. The fourth-order valence-corrected chi connectivity index (χ4v) is 4.89. The number of hydrogen-bond donors (Lipinski definition) is 2. The van der Waals surface area contributed by atoms with Gasteiger partial charge in [0.05, 0.1) is 13.5 Å². The largest absolute Gasteiger partial charge is 0.497 e. The van der Waals surface area contributed by atoms with E-state index in [4.69, 9.17) is 9.15 Å². The SMILES string of the molecule is COc1ccc2c(c1)C(=O)N(C[C@@]1(c3cc4nc(NC(=O)c5ccncc5)ccc4o3)CC(=O)NC1=O)C2. The summed E-state index contributed by atoms with van der Waals surface area (Å²) in [5, 5.41) is 5.08. The van der Waals surface area contributed by atoms with Crippen LogP contribution in [0.5, 0.6) is 5.75 Å². The number of amides is 4. The summed E-state index contributed by atoms with van der Waals surface area (Å²) < 4.78 is 11.3. The number of rotatable bonds is 6. The third-order valence-electron chi connectivity index (χ3n) is 6.84. The molecule has 0 radical (unpaired) electrons. The molecular weight excluding hydrogens is 490 g/mol. The Morgan fingerprint density at radius 1 is 1.13 bits per heavy atom. The summed E-state index contributed by atoms with van der Waals surface area (Å²) in [6.07, 6.45) is 2.85. The highest BCUT2D eigenvalue weighted by Crippen LogP contribution is 2.39. The molecular formula is C27H21N5O6. The summed E-state index contributed by atoms with van der Waals surface area (Å²) in [7, 11) is 1.52. The van der Waals surface area contributed by atoms with Gasteiger partial charge in [0.25, 0.3) is 11.8 Å². The fraction of sp³-hybridized carbons (Fsp3) is 0.185. The van der Waals surface area contributed by atoms with E-state index in [1.165, 1.54) is 24.4 Å². The van der Waals surface area contributed by atoms with E-state index in [0.29, 0.717) is 28.0 Å². The van der Waals surface area contributed by atoms with Gasteiger partial charge in [0.2, 0.25) is 11.8 Å². The molecule has 0 bridgehead atoms. The van der Waals surface area contributed by atoms with Gasteiger partial charge in [-0.2, -0.15) is 0 Å². The second-order valence-corrected chi connectivity index (χ2v) is 9.20. The first-order valence-corrected chi connectivity index (χ1v) is 11.8. The topological polar surface area (TPSA) is 144 Å². The van der Waals surface area contributed by atoms with Crippen LogP contribution in [-0.4, -0.2) is 52.2 Å². The summed E-state index contributed by atoms with van der Waals surface area (Å²) in [5.74, 6) is -0.579. The highest BCUT2D eigenvalue weighted by molar-refractivity contribution is 6.10. The highest BCUT2D eigenvalue weighted by atomic mass is 16.5. The Morgan fingerprint density at radius 2 is 1.95 bits per heavy atom. The molecule has 4 aromatic rings. The number of imide groups is 1. The smallest absolute Gasteiger partial charge is 0.256 e. The number of carbonyl (C=O) groups is 4. The summed E-state index contributed by atoms with van der Waals surface area (Å²) in [5.41, 5.74) is 1.04. The molecule has 6 rings (SSSR count). The maximum Gasteiger partial charge on any atom is 0.256 e. The Hall–Kier alpha value is -5.06. The van der Waals surface area contributed by atoms with Gasteiger partial charge in [-0.05, 0) is 42.0 Å². The van der Waals surface area contributed by atoms with Gasteiger partial charge in [-0.25, -0.2) is 4.98 Å². The minimum Gasteiger partial charge on any atom is -0.497 e. The first-order valence-electron chi connectivity index (χ1n) is 11.8. The van der Waals surface area contributed by atoms with Crippen LogP contribution < -0.4 is 15.4 Å². The van der Waals surface area contributed by atoms with E-state index in [-0.39, 0.29) is 42.9 Å². The number of fused-ring (bicyclic) bond motifs is 2. The zero-order valence-electron chi connectivity index (χ0n) is 20.2. The normalized spacial score (nSPS) is 18.6. The number of aromatic nitrogens is 2. The lowest BCUT2D eigenvalue weighted by molar-refractivity contribution is -0.127. The molecule has 0 unspecified atom stereocenters. The molecule has 2 aliphatic heterocycles. The number of pyridine rings is 2. The number of benzene rings is 1. The maximum absolute atomic E-state index is 13.2. The average molecular weight is 511 g/mol. The van der Waals surface area contributed by atoms with Gasteiger partial charge in [-0.1, -0.05) is 6.07 Å². The molecule has 1 saturated heterocycles. The van der Waals surface area contributed by atoms with Crippen molar-refractivity contribution in [2.75, 3.05) is 19.0 Å². The Kier molecular flexibility index (Phi) is 5.41. The van der Waals surface area contributed by atoms with Gasteiger partial charge in [-0.15, -0.1) is 0 Å². The molecule has 0 aliphatic carbocycles. The van der Waals surface area contributed by atoms with Crippen molar-refractivity contribution in [1.82, 2.24) is 20.2 Å². The Morgan fingerprint density at radius 3 is 2.68 bits per heavy atom. The van der Waals surface area contributed by atoms with Crippen molar-refractivity contribution in [2.45, 2.75) is 18.4 Å². The highest BCUT2D eigenvalue weighted by Gasteiger charge is 2.53. The van der Waals surface area contributed by atoms with Crippen LogP contribution in [0.2, 0.25) is 0 Å². The summed E-state index contributed by atoms with van der Waals surface area (Å²) in [6, 6.07) is 13.2. The zero-order valence-corrected chi connectivity index (χ0v) is 20.2. The van der Waals surface area contributed by atoms with E-state index in [2.05, 4.69) is 20.6 Å². The third-order valence-corrected chi connectivity index (χ3v) is 6.84. The maximum atomic E-state index is 13.2. The number of hydrogen-bond acceptors (Lipinski definition) is 8. The summed E-state index contributed by atoms with van der Waals surface area (Å²) in [6.45, 7) is 0.219. The molecule has 2 aliphatic rings. The number of nitrogens with zero attached hydrogens (tertiary/aromatic N) is 3. The second-order valence-electron chi connectivity index (χ2n) is 9.20. The average Bonchev–Trinajstić information content (AvgIpc) is 3.57. The number of carbonyl (C=O) groups excluding carboxylic acids is 4. The number of ether oxygens (including phenoxy) is 1. The molecule has 1 aromatic carbocycles. The predicted octanol–water partition coefficient (Wildman–Crippen LogP) is 2.42. The second kappa shape index (κ2) is 8.80. The van der Waals surface area contributed by atoms with Crippen LogP contribution in [0, 0.1) is 0 Å². The molecule has 1 atom stereocenters. The lowest BCUT2D eigenvalue weighted by Gasteiger charge is -2.28. The van der Waals surface area contributed by atoms with Crippen LogP contribution in [0.25, 0.3) is 11.1 Å². The van der Waals surface area contributed by atoms with Crippen molar-refractivity contribution < 1.29 is 28.3 Å². The van der Waals surface area contributed by atoms with E-state index in [1.54, 1.807) is 42.5 Å². The fourth-order valence-electron chi connectivity index (χ4n) is 4.89. The van der Waals surface area contributed by atoms with Crippen molar-refractivity contribution in [3.05, 3.63) is 83.4 Å². The Bertz CT molecular complexity index is 1630. The van der Waals surface area contributed by atoms with Crippen molar-refractivity contribution in [1.29, 1.82) is 0 Å².